The summed E-state index contributed by atoms with van der Waals surface area (Å²) in [4.78, 5) is 23.0. The van der Waals surface area contributed by atoms with Crippen LogP contribution < -0.4 is 10.6 Å². The lowest BCUT2D eigenvalue weighted by molar-refractivity contribution is -0.134. The Morgan fingerprint density at radius 3 is 2.79 bits per heavy atom. The number of imide groups is 1. The van der Waals surface area contributed by atoms with Crippen LogP contribution in [0.4, 0.5) is 5.69 Å². The van der Waals surface area contributed by atoms with Crippen molar-refractivity contribution in [3.05, 3.63) is 29.3 Å². The van der Waals surface area contributed by atoms with E-state index in [0.717, 1.165) is 16.8 Å². The SMILES string of the molecule is CNc1c(C)cccc1C(=N)C1CCC(=O)NC1=O. The van der Waals surface area contributed by atoms with Crippen LogP contribution in [0.2, 0.25) is 0 Å². The zero-order valence-corrected chi connectivity index (χ0v) is 11.0. The number of nitrogens with one attached hydrogen (secondary N) is 3. The molecule has 5 heteroatoms. The Balaban J connectivity index is 2.32. The van der Waals surface area contributed by atoms with Gasteiger partial charge in [0.05, 0.1) is 11.6 Å². The Hall–Kier alpha value is -2.17. The van der Waals surface area contributed by atoms with E-state index in [2.05, 4.69) is 10.6 Å². The molecule has 1 atom stereocenters. The fraction of sp³-hybridized carbons (Fsp3) is 0.357. The molecule has 5 nitrogen and oxygen atoms in total. The van der Waals surface area contributed by atoms with Crippen molar-refractivity contribution in [3.8, 4) is 0 Å². The third kappa shape index (κ3) is 2.50. The summed E-state index contributed by atoms with van der Waals surface area (Å²) in [6.45, 7) is 1.95. The molecule has 0 aliphatic carbocycles. The van der Waals surface area contributed by atoms with E-state index < -0.39 is 5.92 Å². The van der Waals surface area contributed by atoms with Gasteiger partial charge in [0.2, 0.25) is 11.8 Å². The van der Waals surface area contributed by atoms with Crippen LogP contribution in [-0.2, 0) is 9.59 Å². The number of carbonyl (C=O) groups is 2. The molecule has 19 heavy (non-hydrogen) atoms. The van der Waals surface area contributed by atoms with Crippen LogP contribution in [-0.4, -0.2) is 24.6 Å². The number of rotatable bonds is 3. The van der Waals surface area contributed by atoms with Crippen molar-refractivity contribution in [2.24, 2.45) is 5.92 Å². The number of anilines is 1. The van der Waals surface area contributed by atoms with E-state index in [9.17, 15) is 9.59 Å². The summed E-state index contributed by atoms with van der Waals surface area (Å²) in [6.07, 6.45) is 0.695. The van der Waals surface area contributed by atoms with Gasteiger partial charge in [-0.15, -0.1) is 0 Å². The van der Waals surface area contributed by atoms with E-state index >= 15 is 0 Å². The minimum Gasteiger partial charge on any atom is -0.387 e. The molecular formula is C14H17N3O2. The summed E-state index contributed by atoms with van der Waals surface area (Å²) in [5, 5.41) is 13.6. The minimum absolute atomic E-state index is 0.257. The lowest BCUT2D eigenvalue weighted by Crippen LogP contribution is -2.44. The molecule has 2 amide bonds. The maximum absolute atomic E-state index is 11.8. The number of amides is 2. The lowest BCUT2D eigenvalue weighted by Gasteiger charge is -2.23. The highest BCUT2D eigenvalue weighted by molar-refractivity contribution is 6.17. The predicted molar refractivity (Wildman–Crippen MR) is 73.4 cm³/mol. The molecule has 1 unspecified atom stereocenters. The van der Waals surface area contributed by atoms with E-state index in [-0.39, 0.29) is 17.5 Å². The molecule has 1 aliphatic rings. The number of hydrogen-bond donors (Lipinski definition) is 3. The molecule has 0 radical (unpaired) electrons. The van der Waals surface area contributed by atoms with Crippen molar-refractivity contribution in [1.82, 2.24) is 5.32 Å². The Kier molecular flexibility index (Phi) is 3.64. The van der Waals surface area contributed by atoms with Gasteiger partial charge in [-0.25, -0.2) is 0 Å². The standard InChI is InChI=1S/C14H17N3O2/c1-8-4-3-5-9(13(8)16-2)12(15)10-6-7-11(18)17-14(10)19/h3-5,10,15-16H,6-7H2,1-2H3,(H,17,18,19). The summed E-state index contributed by atoms with van der Waals surface area (Å²) in [6, 6.07) is 5.64. The molecule has 1 saturated heterocycles. The largest absolute Gasteiger partial charge is 0.387 e. The summed E-state index contributed by atoms with van der Waals surface area (Å²) in [5.41, 5.74) is 2.87. The highest BCUT2D eigenvalue weighted by atomic mass is 16.2. The number of hydrogen-bond acceptors (Lipinski definition) is 4. The van der Waals surface area contributed by atoms with Crippen molar-refractivity contribution in [1.29, 1.82) is 5.41 Å². The van der Waals surface area contributed by atoms with Crippen molar-refractivity contribution in [2.45, 2.75) is 19.8 Å². The second kappa shape index (κ2) is 5.22. The van der Waals surface area contributed by atoms with Crippen LogP contribution >= 0.6 is 0 Å². The molecule has 1 aliphatic heterocycles. The molecule has 0 saturated carbocycles. The first-order chi connectivity index (χ1) is 9.04. The molecule has 0 spiro atoms. The fourth-order valence-electron chi connectivity index (χ4n) is 2.38. The molecular weight excluding hydrogens is 242 g/mol. The summed E-state index contributed by atoms with van der Waals surface area (Å²) < 4.78 is 0. The Labute approximate surface area is 111 Å². The van der Waals surface area contributed by atoms with Crippen molar-refractivity contribution in [3.63, 3.8) is 0 Å². The van der Waals surface area contributed by atoms with Gasteiger partial charge in [-0.2, -0.15) is 0 Å². The number of para-hydroxylation sites is 1. The van der Waals surface area contributed by atoms with Crippen LogP contribution in [0.3, 0.4) is 0 Å². The maximum atomic E-state index is 11.8. The maximum Gasteiger partial charge on any atom is 0.235 e. The topological polar surface area (TPSA) is 82.1 Å². The summed E-state index contributed by atoms with van der Waals surface area (Å²) in [5.74, 6) is -1.18. The zero-order valence-electron chi connectivity index (χ0n) is 11.0. The molecule has 1 aromatic rings. The summed E-state index contributed by atoms with van der Waals surface area (Å²) in [7, 11) is 1.80. The van der Waals surface area contributed by atoms with Gasteiger partial charge in [0.15, 0.2) is 0 Å². The lowest BCUT2D eigenvalue weighted by atomic mass is 9.88. The fourth-order valence-corrected chi connectivity index (χ4v) is 2.38. The zero-order chi connectivity index (χ0) is 14.0. The molecule has 1 fully saturated rings. The molecule has 1 aromatic carbocycles. The molecule has 100 valence electrons. The third-order valence-electron chi connectivity index (χ3n) is 3.40. The monoisotopic (exact) mass is 259 g/mol. The van der Waals surface area contributed by atoms with Crippen LogP contribution in [0.25, 0.3) is 0 Å². The number of carbonyl (C=O) groups excluding carboxylic acids is 2. The van der Waals surface area contributed by atoms with Crippen molar-refractivity contribution >= 4 is 23.2 Å². The Morgan fingerprint density at radius 1 is 1.42 bits per heavy atom. The van der Waals surface area contributed by atoms with Gasteiger partial charge in [-0.1, -0.05) is 18.2 Å². The highest BCUT2D eigenvalue weighted by Gasteiger charge is 2.31. The Bertz CT molecular complexity index is 552. The average Bonchev–Trinajstić information content (AvgIpc) is 2.37. The van der Waals surface area contributed by atoms with Gasteiger partial charge in [-0.3, -0.25) is 14.9 Å². The van der Waals surface area contributed by atoms with E-state index in [1.54, 1.807) is 7.05 Å². The van der Waals surface area contributed by atoms with Crippen LogP contribution in [0.5, 0.6) is 0 Å². The van der Waals surface area contributed by atoms with Gasteiger partial charge in [0.25, 0.3) is 0 Å². The molecule has 0 bridgehead atoms. The molecule has 0 aromatic heterocycles. The highest BCUT2D eigenvalue weighted by Crippen LogP contribution is 2.25. The second-order valence-corrected chi connectivity index (χ2v) is 4.66. The quantitative estimate of drug-likeness (QED) is 0.567. The first kappa shape index (κ1) is 13.3. The van der Waals surface area contributed by atoms with Crippen LogP contribution in [0.15, 0.2) is 18.2 Å². The van der Waals surface area contributed by atoms with E-state index in [0.29, 0.717) is 12.8 Å². The summed E-state index contributed by atoms with van der Waals surface area (Å²) >= 11 is 0. The average molecular weight is 259 g/mol. The van der Waals surface area contributed by atoms with E-state index in [1.807, 2.05) is 25.1 Å². The van der Waals surface area contributed by atoms with Crippen LogP contribution in [0, 0.1) is 18.3 Å². The van der Waals surface area contributed by atoms with Gasteiger partial charge in [0.1, 0.15) is 0 Å². The number of aryl methyl sites for hydroxylation is 1. The molecule has 1 heterocycles. The van der Waals surface area contributed by atoms with Crippen molar-refractivity contribution < 1.29 is 9.59 Å². The van der Waals surface area contributed by atoms with Gasteiger partial charge < -0.3 is 10.7 Å². The van der Waals surface area contributed by atoms with Gasteiger partial charge >= 0.3 is 0 Å². The number of benzene rings is 1. The second-order valence-electron chi connectivity index (χ2n) is 4.66. The van der Waals surface area contributed by atoms with Crippen molar-refractivity contribution in [2.75, 3.05) is 12.4 Å². The first-order valence-electron chi connectivity index (χ1n) is 6.24. The Morgan fingerprint density at radius 2 is 2.16 bits per heavy atom. The normalized spacial score (nSPS) is 18.9. The predicted octanol–water partition coefficient (Wildman–Crippen LogP) is 1.46. The van der Waals surface area contributed by atoms with E-state index in [4.69, 9.17) is 5.41 Å². The number of piperidine rings is 1. The van der Waals surface area contributed by atoms with Crippen LogP contribution in [0.1, 0.15) is 24.0 Å². The van der Waals surface area contributed by atoms with Gasteiger partial charge in [0, 0.05) is 24.7 Å². The molecule has 3 N–H and O–H groups in total. The molecule has 2 rings (SSSR count). The third-order valence-corrected chi connectivity index (χ3v) is 3.40. The van der Waals surface area contributed by atoms with E-state index in [1.165, 1.54) is 0 Å². The minimum atomic E-state index is -0.549. The first-order valence-corrected chi connectivity index (χ1v) is 6.24. The smallest absolute Gasteiger partial charge is 0.235 e. The van der Waals surface area contributed by atoms with Gasteiger partial charge in [-0.05, 0) is 18.9 Å².